The van der Waals surface area contributed by atoms with Crippen LogP contribution in [-0.4, -0.2) is 36.7 Å². The van der Waals surface area contributed by atoms with Gasteiger partial charge in [0.25, 0.3) is 0 Å². The molecule has 100 valence electrons. The summed E-state index contributed by atoms with van der Waals surface area (Å²) in [5, 5.41) is 0.464. The van der Waals surface area contributed by atoms with Crippen LogP contribution >= 0.6 is 23.5 Å². The van der Waals surface area contributed by atoms with Crippen LogP contribution in [0.2, 0.25) is 0 Å². The van der Waals surface area contributed by atoms with Crippen LogP contribution in [0.1, 0.15) is 11.6 Å². The van der Waals surface area contributed by atoms with Gasteiger partial charge in [0.2, 0.25) is 0 Å². The Bertz CT molecular complexity index is 395. The Kier molecular flexibility index (Phi) is 5.09. The third-order valence-electron chi connectivity index (χ3n) is 3.04. The first-order chi connectivity index (χ1) is 8.76. The molecule has 18 heavy (non-hydrogen) atoms. The van der Waals surface area contributed by atoms with Crippen LogP contribution in [0, 0.1) is 0 Å². The number of nitrogens with two attached hydrogens (primary N) is 1. The number of benzene rings is 1. The molecule has 2 N–H and O–H groups in total. The molecule has 1 aromatic carbocycles. The smallest absolute Gasteiger partial charge is 0.127 e. The van der Waals surface area contributed by atoms with Crippen molar-refractivity contribution in [3.05, 3.63) is 23.8 Å². The highest BCUT2D eigenvalue weighted by Gasteiger charge is 2.25. The van der Waals surface area contributed by atoms with Gasteiger partial charge in [-0.1, -0.05) is 6.07 Å². The van der Waals surface area contributed by atoms with Gasteiger partial charge in [-0.3, -0.25) is 0 Å². The Balaban J connectivity index is 2.20. The van der Waals surface area contributed by atoms with Gasteiger partial charge in [0.1, 0.15) is 11.5 Å². The van der Waals surface area contributed by atoms with Crippen LogP contribution in [0.5, 0.6) is 11.5 Å². The molecule has 2 atom stereocenters. The molecule has 5 heteroatoms. The van der Waals surface area contributed by atoms with E-state index in [2.05, 4.69) is 0 Å². The topological polar surface area (TPSA) is 44.5 Å². The van der Waals surface area contributed by atoms with E-state index >= 15 is 0 Å². The maximum absolute atomic E-state index is 6.38. The Morgan fingerprint density at radius 2 is 2.11 bits per heavy atom. The van der Waals surface area contributed by atoms with E-state index in [1.165, 1.54) is 11.5 Å². The fourth-order valence-electron chi connectivity index (χ4n) is 2.01. The van der Waals surface area contributed by atoms with Crippen molar-refractivity contribution in [2.75, 3.05) is 31.5 Å². The summed E-state index contributed by atoms with van der Waals surface area (Å²) in [7, 11) is 3.33. The largest absolute Gasteiger partial charge is 0.497 e. The van der Waals surface area contributed by atoms with E-state index in [-0.39, 0.29) is 6.04 Å². The molecule has 0 aromatic heterocycles. The SMILES string of the molecule is COc1ccc(C(N)C2CSCCS2)c(OC)c1. The Morgan fingerprint density at radius 3 is 2.72 bits per heavy atom. The summed E-state index contributed by atoms with van der Waals surface area (Å²) in [6, 6.07) is 5.87. The quantitative estimate of drug-likeness (QED) is 0.921. The average Bonchev–Trinajstić information content (AvgIpc) is 2.46. The third kappa shape index (κ3) is 3.08. The molecule has 0 saturated carbocycles. The lowest BCUT2D eigenvalue weighted by atomic mass is 10.0. The molecule has 1 saturated heterocycles. The van der Waals surface area contributed by atoms with Crippen LogP contribution in [0.25, 0.3) is 0 Å². The maximum atomic E-state index is 6.38. The monoisotopic (exact) mass is 285 g/mol. The van der Waals surface area contributed by atoms with Crippen LogP contribution < -0.4 is 15.2 Å². The van der Waals surface area contributed by atoms with Gasteiger partial charge >= 0.3 is 0 Å². The van der Waals surface area contributed by atoms with Gasteiger partial charge in [-0.2, -0.15) is 23.5 Å². The van der Waals surface area contributed by atoms with Crippen LogP contribution in [-0.2, 0) is 0 Å². The fourth-order valence-corrected chi connectivity index (χ4v) is 4.80. The van der Waals surface area contributed by atoms with E-state index in [1.54, 1.807) is 14.2 Å². The molecule has 0 amide bonds. The predicted molar refractivity (Wildman–Crippen MR) is 80.0 cm³/mol. The molecule has 0 aliphatic carbocycles. The molecular formula is C13H19NO2S2. The van der Waals surface area contributed by atoms with Gasteiger partial charge in [-0.15, -0.1) is 0 Å². The average molecular weight is 285 g/mol. The number of thioether (sulfide) groups is 2. The van der Waals surface area contributed by atoms with Gasteiger partial charge in [0.15, 0.2) is 0 Å². The Labute approximate surface area is 117 Å². The molecule has 3 nitrogen and oxygen atoms in total. The third-order valence-corrected chi connectivity index (χ3v) is 5.93. The van der Waals surface area contributed by atoms with Crippen molar-refractivity contribution in [1.82, 2.24) is 0 Å². The molecule has 1 heterocycles. The lowest BCUT2D eigenvalue weighted by Gasteiger charge is -2.28. The normalized spacial score (nSPS) is 21.4. The van der Waals surface area contributed by atoms with Crippen molar-refractivity contribution in [3.63, 3.8) is 0 Å². The number of hydrogen-bond acceptors (Lipinski definition) is 5. The Hall–Kier alpha value is -0.520. The first kappa shape index (κ1) is 13.9. The van der Waals surface area contributed by atoms with Crippen molar-refractivity contribution in [2.24, 2.45) is 5.73 Å². The molecule has 2 rings (SSSR count). The van der Waals surface area contributed by atoms with Crippen molar-refractivity contribution in [3.8, 4) is 11.5 Å². The minimum Gasteiger partial charge on any atom is -0.497 e. The number of rotatable bonds is 4. The fraction of sp³-hybridized carbons (Fsp3) is 0.538. The maximum Gasteiger partial charge on any atom is 0.127 e. The standard InChI is InChI=1S/C13H19NO2S2/c1-15-9-3-4-10(11(7-9)16-2)13(14)12-8-17-5-6-18-12/h3-4,7,12-13H,5-6,8,14H2,1-2H3. The molecule has 1 aromatic rings. The zero-order chi connectivity index (χ0) is 13.0. The van der Waals surface area contributed by atoms with Gasteiger partial charge in [0, 0.05) is 40.2 Å². The predicted octanol–water partition coefficient (Wildman–Crippen LogP) is 2.55. The lowest BCUT2D eigenvalue weighted by molar-refractivity contribution is 0.388. The molecule has 1 fully saturated rings. The molecule has 1 aliphatic heterocycles. The van der Waals surface area contributed by atoms with E-state index in [0.717, 1.165) is 22.8 Å². The van der Waals surface area contributed by atoms with Crippen LogP contribution in [0.15, 0.2) is 18.2 Å². The van der Waals surface area contributed by atoms with Crippen LogP contribution in [0.4, 0.5) is 0 Å². The molecular weight excluding hydrogens is 266 g/mol. The van der Waals surface area contributed by atoms with Gasteiger partial charge in [-0.05, 0) is 6.07 Å². The summed E-state index contributed by atoms with van der Waals surface area (Å²) in [5.41, 5.74) is 7.45. The summed E-state index contributed by atoms with van der Waals surface area (Å²) >= 11 is 3.94. The Morgan fingerprint density at radius 1 is 1.28 bits per heavy atom. The first-order valence-corrected chi connectivity index (χ1v) is 8.13. The van der Waals surface area contributed by atoms with E-state index < -0.39 is 0 Å². The minimum atomic E-state index is 0.0173. The highest BCUT2D eigenvalue weighted by Crippen LogP contribution is 2.36. The zero-order valence-electron chi connectivity index (χ0n) is 10.7. The van der Waals surface area contributed by atoms with E-state index in [4.69, 9.17) is 15.2 Å². The number of ether oxygens (including phenoxy) is 2. The van der Waals surface area contributed by atoms with Crippen LogP contribution in [0.3, 0.4) is 0 Å². The summed E-state index contributed by atoms with van der Waals surface area (Å²) < 4.78 is 10.6. The second kappa shape index (κ2) is 6.59. The second-order valence-corrected chi connectivity index (χ2v) is 6.61. The van der Waals surface area contributed by atoms with Crippen molar-refractivity contribution < 1.29 is 9.47 Å². The summed E-state index contributed by atoms with van der Waals surface area (Å²) in [5.74, 6) is 5.14. The molecule has 0 radical (unpaired) electrons. The minimum absolute atomic E-state index is 0.0173. The number of methoxy groups -OCH3 is 2. The molecule has 2 unspecified atom stereocenters. The highest BCUT2D eigenvalue weighted by atomic mass is 32.2. The molecule has 1 aliphatic rings. The first-order valence-electron chi connectivity index (χ1n) is 5.93. The summed E-state index contributed by atoms with van der Waals surface area (Å²) in [6.07, 6.45) is 0. The van der Waals surface area contributed by atoms with Gasteiger partial charge in [0.05, 0.1) is 14.2 Å². The van der Waals surface area contributed by atoms with Gasteiger partial charge in [-0.25, -0.2) is 0 Å². The summed E-state index contributed by atoms with van der Waals surface area (Å²) in [6.45, 7) is 0. The van der Waals surface area contributed by atoms with Crippen molar-refractivity contribution >= 4 is 23.5 Å². The van der Waals surface area contributed by atoms with Crippen molar-refractivity contribution in [2.45, 2.75) is 11.3 Å². The van der Waals surface area contributed by atoms with Gasteiger partial charge < -0.3 is 15.2 Å². The zero-order valence-corrected chi connectivity index (χ0v) is 12.4. The summed E-state index contributed by atoms with van der Waals surface area (Å²) in [4.78, 5) is 0. The number of hydrogen-bond donors (Lipinski definition) is 1. The molecule has 0 spiro atoms. The van der Waals surface area contributed by atoms with E-state index in [9.17, 15) is 0 Å². The second-order valence-electron chi connectivity index (χ2n) is 4.12. The van der Waals surface area contributed by atoms with E-state index in [1.807, 2.05) is 41.7 Å². The van der Waals surface area contributed by atoms with E-state index in [0.29, 0.717) is 5.25 Å². The van der Waals surface area contributed by atoms with Crippen molar-refractivity contribution in [1.29, 1.82) is 0 Å². The lowest BCUT2D eigenvalue weighted by Crippen LogP contribution is -2.29. The molecule has 0 bridgehead atoms. The highest BCUT2D eigenvalue weighted by molar-refractivity contribution is 8.06.